The van der Waals surface area contributed by atoms with Crippen molar-refractivity contribution >= 4 is 11.8 Å². The molecule has 1 heterocycles. The molecule has 6 heteroatoms. The van der Waals surface area contributed by atoms with Crippen molar-refractivity contribution in [3.63, 3.8) is 0 Å². The third-order valence-corrected chi connectivity index (χ3v) is 1.47. The van der Waals surface area contributed by atoms with Crippen molar-refractivity contribution in [2.75, 3.05) is 12.1 Å². The van der Waals surface area contributed by atoms with Crippen molar-refractivity contribution in [3.8, 4) is 0 Å². The van der Waals surface area contributed by atoms with Crippen LogP contribution in [0.1, 0.15) is 23.1 Å². The quantitative estimate of drug-likeness (QED) is 0.549. The molecule has 1 aromatic heterocycles. The maximum absolute atomic E-state index is 11.3. The molecule has 2 N–H and O–H groups in total. The normalized spacial score (nSPS) is 9.64. The molecule has 0 aliphatic rings. The van der Waals surface area contributed by atoms with Gasteiger partial charge in [-0.05, 0) is 13.8 Å². The lowest BCUT2D eigenvalue weighted by atomic mass is 10.4. The van der Waals surface area contributed by atoms with E-state index in [4.69, 9.17) is 9.94 Å². The van der Waals surface area contributed by atoms with Crippen molar-refractivity contribution < 1.29 is 14.7 Å². The van der Waals surface area contributed by atoms with Crippen LogP contribution in [0.15, 0.2) is 6.20 Å². The smallest absolute Gasteiger partial charge is 0.360 e. The average Bonchev–Trinajstić information content (AvgIpc) is 2.18. The predicted octanol–water partition coefficient (Wildman–Crippen LogP) is 0.763. The minimum Gasteiger partial charge on any atom is -0.461 e. The second kappa shape index (κ2) is 4.52. The number of aryl methyl sites for hydroxylation is 1. The number of aromatic nitrogens is 2. The fourth-order valence-corrected chi connectivity index (χ4v) is 0.901. The monoisotopic (exact) mass is 197 g/mol. The van der Waals surface area contributed by atoms with Crippen LogP contribution in [0.4, 0.5) is 5.82 Å². The summed E-state index contributed by atoms with van der Waals surface area (Å²) in [5.74, 6) is -0.616. The van der Waals surface area contributed by atoms with Gasteiger partial charge in [0.25, 0.3) is 0 Å². The number of carbonyl (C=O) groups is 1. The summed E-state index contributed by atoms with van der Waals surface area (Å²) in [4.78, 5) is 19.0. The molecule has 0 saturated carbocycles. The van der Waals surface area contributed by atoms with Gasteiger partial charge in [-0.15, -0.1) is 0 Å². The van der Waals surface area contributed by atoms with Crippen LogP contribution >= 0.6 is 0 Å². The van der Waals surface area contributed by atoms with Gasteiger partial charge in [0.2, 0.25) is 0 Å². The van der Waals surface area contributed by atoms with Gasteiger partial charge in [0.15, 0.2) is 11.5 Å². The molecular weight excluding hydrogens is 186 g/mol. The van der Waals surface area contributed by atoms with Crippen molar-refractivity contribution in [2.45, 2.75) is 13.8 Å². The molecule has 0 unspecified atom stereocenters. The molecule has 0 amide bonds. The third kappa shape index (κ3) is 2.17. The van der Waals surface area contributed by atoms with E-state index < -0.39 is 5.97 Å². The van der Waals surface area contributed by atoms with Crippen molar-refractivity contribution in [2.24, 2.45) is 0 Å². The first-order chi connectivity index (χ1) is 6.69. The maximum atomic E-state index is 11.3. The highest BCUT2D eigenvalue weighted by atomic mass is 16.5. The van der Waals surface area contributed by atoms with Gasteiger partial charge in [0.05, 0.1) is 18.5 Å². The van der Waals surface area contributed by atoms with Gasteiger partial charge in [0.1, 0.15) is 0 Å². The topological polar surface area (TPSA) is 84.3 Å². The van der Waals surface area contributed by atoms with E-state index in [-0.39, 0.29) is 18.1 Å². The zero-order chi connectivity index (χ0) is 10.6. The molecule has 0 atom stereocenters. The van der Waals surface area contributed by atoms with Crippen LogP contribution in [-0.2, 0) is 4.74 Å². The highest BCUT2D eigenvalue weighted by Gasteiger charge is 2.15. The molecule has 0 aromatic carbocycles. The van der Waals surface area contributed by atoms with Gasteiger partial charge in [-0.25, -0.2) is 14.8 Å². The van der Waals surface area contributed by atoms with E-state index in [2.05, 4.69) is 9.97 Å². The molecule has 6 nitrogen and oxygen atoms in total. The number of ether oxygens (including phenoxy) is 1. The van der Waals surface area contributed by atoms with Gasteiger partial charge in [-0.3, -0.25) is 10.7 Å². The number of anilines is 1. The third-order valence-electron chi connectivity index (χ3n) is 1.47. The van der Waals surface area contributed by atoms with E-state index >= 15 is 0 Å². The van der Waals surface area contributed by atoms with Crippen LogP contribution in [-0.4, -0.2) is 27.8 Å². The largest absolute Gasteiger partial charge is 0.461 e. The number of nitrogens with one attached hydrogen (secondary N) is 1. The van der Waals surface area contributed by atoms with Gasteiger partial charge in [0, 0.05) is 0 Å². The fraction of sp³-hybridized carbons (Fsp3) is 0.375. The molecule has 0 fully saturated rings. The Kier molecular flexibility index (Phi) is 3.35. The Labute approximate surface area is 80.9 Å². The van der Waals surface area contributed by atoms with Crippen LogP contribution in [0, 0.1) is 6.92 Å². The van der Waals surface area contributed by atoms with E-state index in [9.17, 15) is 4.79 Å². The molecule has 1 aromatic rings. The lowest BCUT2D eigenvalue weighted by Gasteiger charge is -2.05. The van der Waals surface area contributed by atoms with Crippen LogP contribution in [0.25, 0.3) is 0 Å². The summed E-state index contributed by atoms with van der Waals surface area (Å²) >= 11 is 0. The summed E-state index contributed by atoms with van der Waals surface area (Å²) in [6, 6.07) is 0. The number of carbonyl (C=O) groups excluding carboxylic acids is 1. The Hall–Kier alpha value is -1.69. The van der Waals surface area contributed by atoms with Crippen LogP contribution in [0.3, 0.4) is 0 Å². The highest BCUT2D eigenvalue weighted by Crippen LogP contribution is 2.10. The van der Waals surface area contributed by atoms with Gasteiger partial charge in [-0.1, -0.05) is 0 Å². The highest BCUT2D eigenvalue weighted by molar-refractivity contribution is 5.92. The Morgan fingerprint density at radius 2 is 2.43 bits per heavy atom. The first kappa shape index (κ1) is 10.4. The molecule has 0 bridgehead atoms. The number of hydrogen-bond acceptors (Lipinski definition) is 6. The van der Waals surface area contributed by atoms with Gasteiger partial charge in [-0.2, -0.15) is 0 Å². The number of nitrogens with zero attached hydrogens (tertiary/aromatic N) is 2. The summed E-state index contributed by atoms with van der Waals surface area (Å²) in [7, 11) is 0. The summed E-state index contributed by atoms with van der Waals surface area (Å²) in [5, 5.41) is 8.67. The molecule has 0 spiro atoms. The summed E-state index contributed by atoms with van der Waals surface area (Å²) in [6.07, 6.45) is 1.43. The molecule has 0 aliphatic heterocycles. The molecule has 1 rings (SSSR count). The van der Waals surface area contributed by atoms with Crippen LogP contribution < -0.4 is 5.48 Å². The van der Waals surface area contributed by atoms with E-state index in [0.717, 1.165) is 0 Å². The first-order valence-electron chi connectivity index (χ1n) is 4.10. The lowest BCUT2D eigenvalue weighted by Crippen LogP contribution is -2.12. The van der Waals surface area contributed by atoms with E-state index in [1.165, 1.54) is 6.20 Å². The number of esters is 1. The minimum absolute atomic E-state index is 0.00551. The Balaban J connectivity index is 3.03. The van der Waals surface area contributed by atoms with E-state index in [1.807, 2.05) is 0 Å². The summed E-state index contributed by atoms with van der Waals surface area (Å²) in [6.45, 7) is 3.63. The second-order valence-electron chi connectivity index (χ2n) is 2.54. The Morgan fingerprint density at radius 3 is 3.00 bits per heavy atom. The van der Waals surface area contributed by atoms with E-state index in [1.54, 1.807) is 19.3 Å². The summed E-state index contributed by atoms with van der Waals surface area (Å²) in [5.41, 5.74) is 2.34. The fourth-order valence-electron chi connectivity index (χ4n) is 0.901. The molecule has 0 radical (unpaired) electrons. The van der Waals surface area contributed by atoms with Crippen molar-refractivity contribution in [1.29, 1.82) is 0 Å². The molecule has 14 heavy (non-hydrogen) atoms. The predicted molar refractivity (Wildman–Crippen MR) is 48.1 cm³/mol. The van der Waals surface area contributed by atoms with Crippen molar-refractivity contribution in [3.05, 3.63) is 17.6 Å². The average molecular weight is 197 g/mol. The minimum atomic E-state index is -0.611. The maximum Gasteiger partial charge on any atom is 0.360 e. The molecular formula is C8H11N3O3. The summed E-state index contributed by atoms with van der Waals surface area (Å²) < 4.78 is 4.73. The Morgan fingerprint density at radius 1 is 1.71 bits per heavy atom. The molecule has 76 valence electrons. The lowest BCUT2D eigenvalue weighted by molar-refractivity contribution is 0.0519. The molecule has 0 aliphatic carbocycles. The van der Waals surface area contributed by atoms with Gasteiger partial charge < -0.3 is 4.74 Å². The standard InChI is InChI=1S/C8H11N3O3/c1-3-14-8(12)6-7(11-13)9-4-5(2)10-6/h4,13H,3H2,1-2H3,(H,9,11). The Bertz CT molecular complexity index is 341. The zero-order valence-corrected chi connectivity index (χ0v) is 7.94. The zero-order valence-electron chi connectivity index (χ0n) is 7.94. The number of rotatable bonds is 3. The molecule has 0 saturated heterocycles. The SMILES string of the molecule is CCOC(=O)c1nc(C)cnc1NO. The van der Waals surface area contributed by atoms with E-state index in [0.29, 0.717) is 5.69 Å². The number of hydrogen-bond donors (Lipinski definition) is 2. The second-order valence-corrected chi connectivity index (χ2v) is 2.54. The van der Waals surface area contributed by atoms with Crippen LogP contribution in [0.5, 0.6) is 0 Å². The van der Waals surface area contributed by atoms with Crippen molar-refractivity contribution in [1.82, 2.24) is 9.97 Å². The van der Waals surface area contributed by atoms with Gasteiger partial charge >= 0.3 is 5.97 Å². The first-order valence-corrected chi connectivity index (χ1v) is 4.10. The van der Waals surface area contributed by atoms with Crippen LogP contribution in [0.2, 0.25) is 0 Å².